The fraction of sp³-hybridized carbons (Fsp3) is 0.143. The van der Waals surface area contributed by atoms with Crippen molar-refractivity contribution in [1.29, 1.82) is 0 Å². The minimum atomic E-state index is -3.36. The van der Waals surface area contributed by atoms with Crippen LogP contribution in [0.5, 0.6) is 0 Å². The van der Waals surface area contributed by atoms with E-state index in [-0.39, 0.29) is 16.4 Å². The smallest absolute Gasteiger partial charge is 0.180 e. The number of nitrogens with two attached hydrogens (primary N) is 1. The molecule has 0 saturated carbocycles. The molecular formula is C21H20FN3O2S. The summed E-state index contributed by atoms with van der Waals surface area (Å²) in [7, 11) is -3.36. The maximum absolute atomic E-state index is 14.7. The fourth-order valence-electron chi connectivity index (χ4n) is 2.56. The molecule has 3 aromatic rings. The van der Waals surface area contributed by atoms with Crippen molar-refractivity contribution < 1.29 is 12.8 Å². The highest BCUT2D eigenvalue weighted by Gasteiger charge is 2.19. The van der Waals surface area contributed by atoms with Crippen LogP contribution in [-0.2, 0) is 9.84 Å². The van der Waals surface area contributed by atoms with E-state index in [0.717, 1.165) is 0 Å². The standard InChI is InChI=1S/C21H20FN3O2S/c1-14(2)28(26,27)17-10-8-16(9-11-17)19-13-24-21(23)20(25-19)18(22)12-15-6-4-3-5-7-15/h3-14H,1-2H3,(H2,23,24)/b18-12-. The zero-order valence-electron chi connectivity index (χ0n) is 15.5. The maximum Gasteiger partial charge on any atom is 0.180 e. The number of hydrogen-bond donors (Lipinski definition) is 1. The summed E-state index contributed by atoms with van der Waals surface area (Å²) >= 11 is 0. The topological polar surface area (TPSA) is 85.9 Å². The highest BCUT2D eigenvalue weighted by molar-refractivity contribution is 7.92. The molecule has 0 saturated heterocycles. The number of aromatic nitrogens is 2. The van der Waals surface area contributed by atoms with Crippen LogP contribution in [0.15, 0.2) is 65.7 Å². The first-order valence-corrected chi connectivity index (χ1v) is 10.2. The van der Waals surface area contributed by atoms with Gasteiger partial charge in [-0.1, -0.05) is 42.5 Å². The average molecular weight is 397 g/mol. The van der Waals surface area contributed by atoms with E-state index in [0.29, 0.717) is 16.8 Å². The molecule has 0 aliphatic heterocycles. The quantitative estimate of drug-likeness (QED) is 0.691. The number of hydrogen-bond acceptors (Lipinski definition) is 5. The molecule has 0 aliphatic carbocycles. The minimum Gasteiger partial charge on any atom is -0.382 e. The fourth-order valence-corrected chi connectivity index (χ4v) is 3.62. The lowest BCUT2D eigenvalue weighted by Gasteiger charge is -2.09. The third-order valence-electron chi connectivity index (χ3n) is 4.22. The van der Waals surface area contributed by atoms with E-state index in [1.54, 1.807) is 50.2 Å². The normalized spacial score (nSPS) is 12.4. The number of nitrogens with zero attached hydrogens (tertiary/aromatic N) is 2. The lowest BCUT2D eigenvalue weighted by atomic mass is 10.1. The molecule has 0 unspecified atom stereocenters. The van der Waals surface area contributed by atoms with Gasteiger partial charge in [0.2, 0.25) is 0 Å². The second kappa shape index (κ2) is 7.90. The molecule has 3 rings (SSSR count). The lowest BCUT2D eigenvalue weighted by Crippen LogP contribution is -2.13. The summed E-state index contributed by atoms with van der Waals surface area (Å²) in [5.74, 6) is -0.621. The SMILES string of the molecule is CC(C)S(=O)(=O)c1ccc(-c2cnc(N)c(/C(F)=C/c3ccccc3)n2)cc1. The highest BCUT2D eigenvalue weighted by atomic mass is 32.2. The van der Waals surface area contributed by atoms with Crippen LogP contribution in [0.2, 0.25) is 0 Å². The van der Waals surface area contributed by atoms with Crippen molar-refractivity contribution in [3.63, 3.8) is 0 Å². The van der Waals surface area contributed by atoms with Crippen molar-refractivity contribution in [3.8, 4) is 11.3 Å². The van der Waals surface area contributed by atoms with Gasteiger partial charge in [0.05, 0.1) is 22.0 Å². The van der Waals surface area contributed by atoms with Gasteiger partial charge < -0.3 is 5.73 Å². The third kappa shape index (κ3) is 4.09. The predicted molar refractivity (Wildman–Crippen MR) is 110 cm³/mol. The number of sulfone groups is 1. The molecule has 0 aliphatic rings. The number of nitrogen functional groups attached to an aromatic ring is 1. The van der Waals surface area contributed by atoms with Gasteiger partial charge in [-0.05, 0) is 37.6 Å². The molecule has 2 N–H and O–H groups in total. The Bertz CT molecular complexity index is 1110. The van der Waals surface area contributed by atoms with Crippen LogP contribution in [0.1, 0.15) is 25.1 Å². The molecule has 2 aromatic carbocycles. The van der Waals surface area contributed by atoms with Gasteiger partial charge in [-0.25, -0.2) is 22.8 Å². The molecule has 0 bridgehead atoms. The van der Waals surface area contributed by atoms with Gasteiger partial charge >= 0.3 is 0 Å². The van der Waals surface area contributed by atoms with Crippen LogP contribution in [-0.4, -0.2) is 23.6 Å². The first-order valence-electron chi connectivity index (χ1n) is 8.68. The predicted octanol–water partition coefficient (Wildman–Crippen LogP) is 4.38. The molecule has 28 heavy (non-hydrogen) atoms. The highest BCUT2D eigenvalue weighted by Crippen LogP contribution is 2.26. The zero-order chi connectivity index (χ0) is 20.3. The second-order valence-electron chi connectivity index (χ2n) is 6.51. The number of rotatable bonds is 5. The largest absolute Gasteiger partial charge is 0.382 e. The Hall–Kier alpha value is -3.06. The summed E-state index contributed by atoms with van der Waals surface area (Å²) < 4.78 is 39.2. The summed E-state index contributed by atoms with van der Waals surface area (Å²) in [6.07, 6.45) is 2.77. The first-order chi connectivity index (χ1) is 13.3. The van der Waals surface area contributed by atoms with E-state index >= 15 is 0 Å². The number of halogens is 1. The van der Waals surface area contributed by atoms with Gasteiger partial charge in [0.1, 0.15) is 5.69 Å². The van der Waals surface area contributed by atoms with Crippen LogP contribution in [0.25, 0.3) is 23.2 Å². The Kier molecular flexibility index (Phi) is 5.56. The number of benzene rings is 2. The van der Waals surface area contributed by atoms with Crippen LogP contribution < -0.4 is 5.73 Å². The van der Waals surface area contributed by atoms with Crippen molar-refractivity contribution in [2.24, 2.45) is 0 Å². The second-order valence-corrected chi connectivity index (χ2v) is 9.01. The summed E-state index contributed by atoms with van der Waals surface area (Å²) in [5.41, 5.74) is 7.44. The van der Waals surface area contributed by atoms with E-state index < -0.39 is 20.9 Å². The molecular weight excluding hydrogens is 377 g/mol. The van der Waals surface area contributed by atoms with E-state index in [9.17, 15) is 12.8 Å². The van der Waals surface area contributed by atoms with E-state index in [4.69, 9.17) is 5.73 Å². The molecule has 7 heteroatoms. The van der Waals surface area contributed by atoms with Crippen LogP contribution in [0.4, 0.5) is 10.2 Å². The molecule has 1 aromatic heterocycles. The zero-order valence-corrected chi connectivity index (χ0v) is 16.3. The van der Waals surface area contributed by atoms with Crippen LogP contribution in [0, 0.1) is 0 Å². The van der Waals surface area contributed by atoms with Crippen molar-refractivity contribution in [3.05, 3.63) is 72.1 Å². The van der Waals surface area contributed by atoms with Gasteiger partial charge in [0, 0.05) is 5.56 Å². The Balaban J connectivity index is 1.97. The Morgan fingerprint density at radius 2 is 1.71 bits per heavy atom. The van der Waals surface area contributed by atoms with Gasteiger partial charge in [-0.3, -0.25) is 0 Å². The molecule has 0 atom stereocenters. The molecule has 5 nitrogen and oxygen atoms in total. The molecule has 0 fully saturated rings. The van der Waals surface area contributed by atoms with Crippen molar-refractivity contribution in [1.82, 2.24) is 9.97 Å². The lowest BCUT2D eigenvalue weighted by molar-refractivity contribution is 0.587. The van der Waals surface area contributed by atoms with Crippen molar-refractivity contribution in [2.45, 2.75) is 24.0 Å². The Morgan fingerprint density at radius 3 is 2.32 bits per heavy atom. The summed E-state index contributed by atoms with van der Waals surface area (Å²) in [5, 5.41) is -0.515. The maximum atomic E-state index is 14.7. The van der Waals surface area contributed by atoms with Crippen LogP contribution >= 0.6 is 0 Å². The van der Waals surface area contributed by atoms with Gasteiger partial charge in [0.15, 0.2) is 21.5 Å². The molecule has 144 valence electrons. The molecule has 0 radical (unpaired) electrons. The Labute approximate surface area is 163 Å². The average Bonchev–Trinajstić information content (AvgIpc) is 2.69. The van der Waals surface area contributed by atoms with Gasteiger partial charge in [0.25, 0.3) is 0 Å². The third-order valence-corrected chi connectivity index (χ3v) is 6.39. The molecule has 0 amide bonds. The monoisotopic (exact) mass is 397 g/mol. The van der Waals surface area contributed by atoms with Crippen LogP contribution in [0.3, 0.4) is 0 Å². The van der Waals surface area contributed by atoms with E-state index in [1.165, 1.54) is 24.4 Å². The molecule has 1 heterocycles. The minimum absolute atomic E-state index is 0.0209. The Morgan fingerprint density at radius 1 is 1.07 bits per heavy atom. The summed E-state index contributed by atoms with van der Waals surface area (Å²) in [6.45, 7) is 3.26. The first kappa shape index (κ1) is 19.7. The van der Waals surface area contributed by atoms with E-state index in [1.807, 2.05) is 6.07 Å². The number of anilines is 1. The van der Waals surface area contributed by atoms with Crippen molar-refractivity contribution in [2.75, 3.05) is 5.73 Å². The summed E-state index contributed by atoms with van der Waals surface area (Å²) in [4.78, 5) is 8.55. The van der Waals surface area contributed by atoms with Gasteiger partial charge in [-0.15, -0.1) is 0 Å². The van der Waals surface area contributed by atoms with Crippen molar-refractivity contribution >= 4 is 27.6 Å². The molecule has 0 spiro atoms. The summed E-state index contributed by atoms with van der Waals surface area (Å²) in [6, 6.07) is 15.2. The van der Waals surface area contributed by atoms with E-state index in [2.05, 4.69) is 9.97 Å². The van der Waals surface area contributed by atoms with Gasteiger partial charge in [-0.2, -0.15) is 0 Å².